The van der Waals surface area contributed by atoms with E-state index in [1.54, 1.807) is 0 Å². The largest absolute Gasteiger partial charge is 0.336 e. The predicted molar refractivity (Wildman–Crippen MR) is 101 cm³/mol. The first-order valence-electron chi connectivity index (χ1n) is 10.1. The van der Waals surface area contributed by atoms with Gasteiger partial charge in [0.1, 0.15) is 0 Å². The van der Waals surface area contributed by atoms with Crippen molar-refractivity contribution in [1.82, 2.24) is 9.80 Å². The molecule has 2 atom stereocenters. The van der Waals surface area contributed by atoms with Gasteiger partial charge in [0.05, 0.1) is 0 Å². The zero-order chi connectivity index (χ0) is 17.1. The van der Waals surface area contributed by atoms with Gasteiger partial charge in [-0.2, -0.15) is 0 Å². The average Bonchev–Trinajstić information content (AvgIpc) is 3.21. The van der Waals surface area contributed by atoms with E-state index in [0.29, 0.717) is 17.9 Å². The quantitative estimate of drug-likeness (QED) is 0.836. The van der Waals surface area contributed by atoms with Gasteiger partial charge in [-0.1, -0.05) is 36.4 Å². The zero-order valence-electron chi connectivity index (χ0n) is 15.2. The lowest BCUT2D eigenvalue weighted by atomic mass is 9.83. The molecule has 3 heteroatoms. The number of rotatable bonds is 4. The maximum absolute atomic E-state index is 12.9. The molecule has 1 amide bonds. The Labute approximate surface area is 151 Å². The maximum atomic E-state index is 12.9. The monoisotopic (exact) mass is 338 g/mol. The molecule has 1 aromatic carbocycles. The highest BCUT2D eigenvalue weighted by Gasteiger charge is 2.38. The molecule has 2 heterocycles. The number of hydrogen-bond donors (Lipinski definition) is 0. The summed E-state index contributed by atoms with van der Waals surface area (Å²) in [5.74, 6) is 1.02. The minimum absolute atomic E-state index is 0.352. The molecule has 0 aromatic heterocycles. The van der Waals surface area contributed by atoms with Crippen LogP contribution in [-0.2, 0) is 11.2 Å². The highest BCUT2D eigenvalue weighted by Crippen LogP contribution is 2.33. The van der Waals surface area contributed by atoms with Crippen molar-refractivity contribution in [3.8, 4) is 0 Å². The van der Waals surface area contributed by atoms with Crippen LogP contribution in [0.3, 0.4) is 0 Å². The van der Waals surface area contributed by atoms with Crippen LogP contribution in [0.1, 0.15) is 44.1 Å². The Morgan fingerprint density at radius 3 is 2.76 bits per heavy atom. The second-order valence-electron chi connectivity index (χ2n) is 7.91. The van der Waals surface area contributed by atoms with Crippen molar-refractivity contribution < 1.29 is 4.79 Å². The first-order chi connectivity index (χ1) is 12.3. The standard InChI is InChI=1S/C22H30N2O/c25-22(19-9-4-5-10-19)24-14-6-11-20-17-23(16-13-21(20)24)15-12-18-7-2-1-3-8-18/h1-3,7-9,20-21H,4-6,10-17H2/t20-,21+/m1/s1. The molecule has 134 valence electrons. The van der Waals surface area contributed by atoms with Gasteiger partial charge in [0.2, 0.25) is 5.91 Å². The highest BCUT2D eigenvalue weighted by atomic mass is 16.2. The van der Waals surface area contributed by atoms with E-state index in [0.717, 1.165) is 57.3 Å². The summed E-state index contributed by atoms with van der Waals surface area (Å²) in [6.07, 6.45) is 10.2. The van der Waals surface area contributed by atoms with Gasteiger partial charge in [0.25, 0.3) is 0 Å². The Morgan fingerprint density at radius 2 is 1.96 bits per heavy atom. The molecule has 1 aliphatic carbocycles. The molecule has 0 spiro atoms. The van der Waals surface area contributed by atoms with E-state index in [4.69, 9.17) is 0 Å². The number of piperidine rings is 2. The minimum atomic E-state index is 0.352. The molecule has 0 saturated carbocycles. The molecule has 0 bridgehead atoms. The summed E-state index contributed by atoms with van der Waals surface area (Å²) in [6, 6.07) is 11.3. The Balaban J connectivity index is 1.34. The van der Waals surface area contributed by atoms with Crippen LogP contribution >= 0.6 is 0 Å². The van der Waals surface area contributed by atoms with Crippen molar-refractivity contribution in [2.45, 2.75) is 51.0 Å². The molecule has 0 N–H and O–H groups in total. The van der Waals surface area contributed by atoms with E-state index < -0.39 is 0 Å². The van der Waals surface area contributed by atoms with Gasteiger partial charge in [-0.15, -0.1) is 0 Å². The number of benzene rings is 1. The number of hydrogen-bond acceptors (Lipinski definition) is 2. The number of likely N-dealkylation sites (tertiary alicyclic amines) is 2. The Hall–Kier alpha value is -1.61. The van der Waals surface area contributed by atoms with Crippen LogP contribution < -0.4 is 0 Å². The number of carbonyl (C=O) groups excluding carboxylic acids is 1. The van der Waals surface area contributed by atoms with E-state index in [-0.39, 0.29) is 0 Å². The summed E-state index contributed by atoms with van der Waals surface area (Å²) in [7, 11) is 0. The number of carbonyl (C=O) groups is 1. The van der Waals surface area contributed by atoms with Gasteiger partial charge in [-0.25, -0.2) is 0 Å². The fourth-order valence-corrected chi connectivity index (χ4v) is 4.92. The third-order valence-corrected chi connectivity index (χ3v) is 6.29. The molecule has 1 aromatic rings. The summed E-state index contributed by atoms with van der Waals surface area (Å²) in [6.45, 7) is 4.42. The number of fused-ring (bicyclic) bond motifs is 1. The minimum Gasteiger partial charge on any atom is -0.336 e. The van der Waals surface area contributed by atoms with Crippen LogP contribution in [0.5, 0.6) is 0 Å². The fourth-order valence-electron chi connectivity index (χ4n) is 4.92. The Morgan fingerprint density at radius 1 is 1.08 bits per heavy atom. The molecule has 2 aliphatic heterocycles. The smallest absolute Gasteiger partial charge is 0.249 e. The van der Waals surface area contributed by atoms with Crippen molar-refractivity contribution >= 4 is 5.91 Å². The molecule has 25 heavy (non-hydrogen) atoms. The van der Waals surface area contributed by atoms with Gasteiger partial charge < -0.3 is 9.80 Å². The van der Waals surface area contributed by atoms with Crippen LogP contribution in [0.15, 0.2) is 42.0 Å². The van der Waals surface area contributed by atoms with Crippen molar-refractivity contribution in [2.75, 3.05) is 26.2 Å². The van der Waals surface area contributed by atoms with Crippen LogP contribution in [0, 0.1) is 5.92 Å². The Bertz CT molecular complexity index is 624. The molecule has 0 radical (unpaired) electrons. The van der Waals surface area contributed by atoms with Crippen molar-refractivity contribution in [2.24, 2.45) is 5.92 Å². The summed E-state index contributed by atoms with van der Waals surface area (Å²) < 4.78 is 0. The van der Waals surface area contributed by atoms with Crippen molar-refractivity contribution in [3.05, 3.63) is 47.5 Å². The normalized spacial score (nSPS) is 27.0. The summed E-state index contributed by atoms with van der Waals surface area (Å²) in [4.78, 5) is 17.7. The molecular weight excluding hydrogens is 308 g/mol. The van der Waals surface area contributed by atoms with Crippen LogP contribution in [0.4, 0.5) is 0 Å². The number of nitrogens with zero attached hydrogens (tertiary/aromatic N) is 2. The van der Waals surface area contributed by atoms with Gasteiger partial charge >= 0.3 is 0 Å². The van der Waals surface area contributed by atoms with Gasteiger partial charge in [-0.3, -0.25) is 4.79 Å². The highest BCUT2D eigenvalue weighted by molar-refractivity contribution is 5.94. The van der Waals surface area contributed by atoms with E-state index in [1.165, 1.54) is 24.9 Å². The maximum Gasteiger partial charge on any atom is 0.249 e. The summed E-state index contributed by atoms with van der Waals surface area (Å²) in [5.41, 5.74) is 2.52. The molecule has 2 fully saturated rings. The number of allylic oxidation sites excluding steroid dienone is 1. The lowest BCUT2D eigenvalue weighted by Crippen LogP contribution is -2.56. The average molecular weight is 338 g/mol. The third kappa shape index (κ3) is 3.82. The molecule has 3 nitrogen and oxygen atoms in total. The van der Waals surface area contributed by atoms with Crippen LogP contribution in [-0.4, -0.2) is 47.9 Å². The van der Waals surface area contributed by atoms with Gasteiger partial charge in [-0.05, 0) is 56.4 Å². The van der Waals surface area contributed by atoms with E-state index in [1.807, 2.05) is 0 Å². The van der Waals surface area contributed by atoms with Crippen molar-refractivity contribution in [1.29, 1.82) is 0 Å². The van der Waals surface area contributed by atoms with E-state index in [9.17, 15) is 4.79 Å². The van der Waals surface area contributed by atoms with Gasteiger partial charge in [0, 0.05) is 37.8 Å². The second-order valence-corrected chi connectivity index (χ2v) is 7.91. The van der Waals surface area contributed by atoms with Gasteiger partial charge in [0.15, 0.2) is 0 Å². The molecule has 0 unspecified atom stereocenters. The summed E-state index contributed by atoms with van der Waals surface area (Å²) >= 11 is 0. The van der Waals surface area contributed by atoms with Crippen LogP contribution in [0.2, 0.25) is 0 Å². The lowest BCUT2D eigenvalue weighted by Gasteiger charge is -2.47. The topological polar surface area (TPSA) is 23.6 Å². The number of amides is 1. The zero-order valence-corrected chi connectivity index (χ0v) is 15.2. The van der Waals surface area contributed by atoms with Crippen LogP contribution in [0.25, 0.3) is 0 Å². The molecule has 4 rings (SSSR count). The Kier molecular flexibility index (Phi) is 5.21. The predicted octanol–water partition coefficient (Wildman–Crippen LogP) is 3.65. The lowest BCUT2D eigenvalue weighted by molar-refractivity contribution is -0.134. The summed E-state index contributed by atoms with van der Waals surface area (Å²) in [5, 5.41) is 0. The fraction of sp³-hybridized carbons (Fsp3) is 0.591. The molecular formula is C22H30N2O. The SMILES string of the molecule is O=C(C1=CCCC1)N1CCC[C@@H]2CN(CCc3ccccc3)CC[C@@H]21. The van der Waals surface area contributed by atoms with E-state index in [2.05, 4.69) is 46.2 Å². The van der Waals surface area contributed by atoms with Crippen molar-refractivity contribution in [3.63, 3.8) is 0 Å². The first kappa shape index (κ1) is 16.8. The first-order valence-corrected chi connectivity index (χ1v) is 10.1. The molecule has 3 aliphatic rings. The second kappa shape index (κ2) is 7.74. The van der Waals surface area contributed by atoms with E-state index >= 15 is 0 Å². The third-order valence-electron chi connectivity index (χ3n) is 6.29. The molecule has 2 saturated heterocycles.